The normalized spacial score (nSPS) is 21.8. The molecule has 0 radical (unpaired) electrons. The smallest absolute Gasteiger partial charge is 0.410 e. The van der Waals surface area contributed by atoms with Crippen molar-refractivity contribution < 1.29 is 19.1 Å². The zero-order valence-corrected chi connectivity index (χ0v) is 10.3. The van der Waals surface area contributed by atoms with Crippen LogP contribution in [0.15, 0.2) is 0 Å². The van der Waals surface area contributed by atoms with Crippen molar-refractivity contribution in [3.8, 4) is 0 Å². The van der Waals surface area contributed by atoms with Crippen molar-refractivity contribution in [2.75, 3.05) is 19.7 Å². The molecule has 1 amide bonds. The van der Waals surface area contributed by atoms with Crippen molar-refractivity contribution in [3.05, 3.63) is 0 Å². The maximum atomic E-state index is 11.7. The van der Waals surface area contributed by atoms with Crippen LogP contribution in [0.3, 0.4) is 0 Å². The molecule has 1 heterocycles. The second-order valence-corrected chi connectivity index (χ2v) is 4.90. The van der Waals surface area contributed by atoms with Crippen molar-refractivity contribution in [2.24, 2.45) is 0 Å². The summed E-state index contributed by atoms with van der Waals surface area (Å²) in [4.78, 5) is 24.4. The first-order chi connectivity index (χ1) is 7.29. The van der Waals surface area contributed by atoms with E-state index >= 15 is 0 Å². The van der Waals surface area contributed by atoms with Crippen LogP contribution in [0.2, 0.25) is 0 Å². The maximum absolute atomic E-state index is 11.7. The number of carbonyl (C=O) groups is 2. The number of nitrogens with zero attached hydrogens (tertiary/aromatic N) is 1. The van der Waals surface area contributed by atoms with Gasteiger partial charge in [0.25, 0.3) is 0 Å². The Balaban J connectivity index is 2.54. The summed E-state index contributed by atoms with van der Waals surface area (Å²) in [6.07, 6.45) is -0.900. The van der Waals surface area contributed by atoms with E-state index in [4.69, 9.17) is 9.47 Å². The zero-order valence-electron chi connectivity index (χ0n) is 10.3. The van der Waals surface area contributed by atoms with Crippen LogP contribution in [0.25, 0.3) is 0 Å². The molecule has 1 saturated heterocycles. The Bertz CT molecular complexity index is 282. The van der Waals surface area contributed by atoms with Gasteiger partial charge in [-0.05, 0) is 27.7 Å². The molecule has 5 nitrogen and oxygen atoms in total. The molecule has 0 aromatic heterocycles. The van der Waals surface area contributed by atoms with E-state index in [2.05, 4.69) is 0 Å². The SMILES string of the molecule is CC(=O)C1CN(C(=O)OC(C)(C)C)CCO1. The van der Waals surface area contributed by atoms with Gasteiger partial charge >= 0.3 is 6.09 Å². The lowest BCUT2D eigenvalue weighted by Gasteiger charge is -2.33. The molecule has 0 spiro atoms. The minimum atomic E-state index is -0.513. The standard InChI is InChI=1S/C11H19NO4/c1-8(13)9-7-12(5-6-15-9)10(14)16-11(2,3)4/h9H,5-7H2,1-4H3. The van der Waals surface area contributed by atoms with Crippen LogP contribution in [0.5, 0.6) is 0 Å². The topological polar surface area (TPSA) is 55.8 Å². The number of ether oxygens (including phenoxy) is 2. The van der Waals surface area contributed by atoms with Crippen molar-refractivity contribution in [1.29, 1.82) is 0 Å². The molecular formula is C11H19NO4. The summed E-state index contributed by atoms with van der Waals surface area (Å²) in [6, 6.07) is 0. The third-order valence-electron chi connectivity index (χ3n) is 2.17. The lowest BCUT2D eigenvalue weighted by atomic mass is 10.2. The largest absolute Gasteiger partial charge is 0.444 e. The summed E-state index contributed by atoms with van der Waals surface area (Å²) < 4.78 is 10.5. The Morgan fingerprint density at radius 2 is 2.00 bits per heavy atom. The molecule has 1 aliphatic rings. The second kappa shape index (κ2) is 4.82. The summed E-state index contributed by atoms with van der Waals surface area (Å²) in [5.74, 6) is -0.0618. The lowest BCUT2D eigenvalue weighted by molar-refractivity contribution is -0.133. The van der Waals surface area contributed by atoms with E-state index < -0.39 is 11.7 Å². The van der Waals surface area contributed by atoms with Gasteiger partial charge in [-0.1, -0.05) is 0 Å². The number of ketones is 1. The molecule has 0 aromatic carbocycles. The Hall–Kier alpha value is -1.10. The molecule has 92 valence electrons. The third-order valence-corrected chi connectivity index (χ3v) is 2.17. The van der Waals surface area contributed by atoms with Gasteiger partial charge in [-0.3, -0.25) is 4.79 Å². The van der Waals surface area contributed by atoms with Crippen molar-refractivity contribution in [2.45, 2.75) is 39.4 Å². The highest BCUT2D eigenvalue weighted by molar-refractivity contribution is 5.81. The molecule has 1 aliphatic heterocycles. The molecule has 1 unspecified atom stereocenters. The molecule has 0 N–H and O–H groups in total. The Morgan fingerprint density at radius 1 is 1.38 bits per heavy atom. The van der Waals surface area contributed by atoms with Gasteiger partial charge in [-0.25, -0.2) is 4.79 Å². The molecular weight excluding hydrogens is 210 g/mol. The van der Waals surface area contributed by atoms with E-state index in [9.17, 15) is 9.59 Å². The number of hydrogen-bond donors (Lipinski definition) is 0. The van der Waals surface area contributed by atoms with Gasteiger partial charge in [-0.15, -0.1) is 0 Å². The average Bonchev–Trinajstić information content (AvgIpc) is 2.15. The summed E-state index contributed by atoms with van der Waals surface area (Å²) >= 11 is 0. The van der Waals surface area contributed by atoms with Crippen LogP contribution in [0, 0.1) is 0 Å². The first-order valence-electron chi connectivity index (χ1n) is 5.39. The Labute approximate surface area is 95.7 Å². The quantitative estimate of drug-likeness (QED) is 0.678. The fourth-order valence-electron chi connectivity index (χ4n) is 1.39. The molecule has 1 fully saturated rings. The Kier molecular flexibility index (Phi) is 3.91. The summed E-state index contributed by atoms with van der Waals surface area (Å²) in [6.45, 7) is 8.03. The first-order valence-corrected chi connectivity index (χ1v) is 5.39. The molecule has 16 heavy (non-hydrogen) atoms. The average molecular weight is 229 g/mol. The number of amides is 1. The van der Waals surface area contributed by atoms with Crippen molar-refractivity contribution in [3.63, 3.8) is 0 Å². The van der Waals surface area contributed by atoms with E-state index in [1.807, 2.05) is 20.8 Å². The van der Waals surface area contributed by atoms with Gasteiger partial charge in [0.2, 0.25) is 0 Å². The zero-order chi connectivity index (χ0) is 12.3. The van der Waals surface area contributed by atoms with Crippen molar-refractivity contribution >= 4 is 11.9 Å². The van der Waals surface area contributed by atoms with Crippen LogP contribution in [-0.2, 0) is 14.3 Å². The van der Waals surface area contributed by atoms with E-state index in [1.54, 1.807) is 0 Å². The molecule has 0 aliphatic carbocycles. The Morgan fingerprint density at radius 3 is 2.50 bits per heavy atom. The van der Waals surface area contributed by atoms with E-state index in [1.165, 1.54) is 11.8 Å². The molecule has 0 aromatic rings. The number of Topliss-reactive ketones (excluding diaryl/α,β-unsaturated/α-hetero) is 1. The molecule has 1 rings (SSSR count). The number of carbonyl (C=O) groups excluding carboxylic acids is 2. The van der Waals surface area contributed by atoms with E-state index in [0.717, 1.165) is 0 Å². The number of rotatable bonds is 1. The van der Waals surface area contributed by atoms with Crippen molar-refractivity contribution in [1.82, 2.24) is 4.90 Å². The number of morpholine rings is 1. The van der Waals surface area contributed by atoms with Crippen LogP contribution in [-0.4, -0.2) is 48.2 Å². The number of hydrogen-bond acceptors (Lipinski definition) is 4. The highest BCUT2D eigenvalue weighted by Gasteiger charge is 2.29. The minimum Gasteiger partial charge on any atom is -0.444 e. The third kappa shape index (κ3) is 3.81. The van der Waals surface area contributed by atoms with Gasteiger partial charge in [0.15, 0.2) is 5.78 Å². The van der Waals surface area contributed by atoms with Gasteiger partial charge in [0, 0.05) is 6.54 Å². The summed E-state index contributed by atoms with van der Waals surface area (Å²) in [5, 5.41) is 0. The van der Waals surface area contributed by atoms with Gasteiger partial charge in [0.1, 0.15) is 11.7 Å². The van der Waals surface area contributed by atoms with Gasteiger partial charge in [0.05, 0.1) is 13.2 Å². The fraction of sp³-hybridized carbons (Fsp3) is 0.818. The second-order valence-electron chi connectivity index (χ2n) is 4.90. The minimum absolute atomic E-state index is 0.0618. The van der Waals surface area contributed by atoms with Crippen LogP contribution >= 0.6 is 0 Å². The van der Waals surface area contributed by atoms with Gasteiger partial charge < -0.3 is 14.4 Å². The van der Waals surface area contributed by atoms with Crippen LogP contribution < -0.4 is 0 Å². The van der Waals surface area contributed by atoms with Crippen LogP contribution in [0.4, 0.5) is 4.79 Å². The molecule has 1 atom stereocenters. The molecule has 0 bridgehead atoms. The molecule has 5 heteroatoms. The lowest BCUT2D eigenvalue weighted by Crippen LogP contribution is -2.49. The summed E-state index contributed by atoms with van der Waals surface area (Å²) in [5.41, 5.74) is -0.513. The van der Waals surface area contributed by atoms with Crippen LogP contribution in [0.1, 0.15) is 27.7 Å². The monoisotopic (exact) mass is 229 g/mol. The highest BCUT2D eigenvalue weighted by Crippen LogP contribution is 2.13. The first kappa shape index (κ1) is 13.0. The predicted octanol–water partition coefficient (Wildman–Crippen LogP) is 1.21. The predicted molar refractivity (Wildman–Crippen MR) is 58.2 cm³/mol. The summed E-state index contributed by atoms with van der Waals surface area (Å²) in [7, 11) is 0. The molecule has 0 saturated carbocycles. The van der Waals surface area contributed by atoms with Gasteiger partial charge in [-0.2, -0.15) is 0 Å². The maximum Gasteiger partial charge on any atom is 0.410 e. The van der Waals surface area contributed by atoms with E-state index in [0.29, 0.717) is 13.2 Å². The fourth-order valence-corrected chi connectivity index (χ4v) is 1.39. The highest BCUT2D eigenvalue weighted by atomic mass is 16.6. The van der Waals surface area contributed by atoms with E-state index in [-0.39, 0.29) is 18.4 Å².